The van der Waals surface area contributed by atoms with Crippen LogP contribution in [-0.4, -0.2) is 11.1 Å². The number of allylic oxidation sites excluding steroid dienone is 1. The Bertz CT molecular complexity index is 1140. The molecular weight excluding hydrogens is 611 g/mol. The van der Waals surface area contributed by atoms with Gasteiger partial charge in [-0.25, -0.2) is 9.18 Å². The van der Waals surface area contributed by atoms with Crippen molar-refractivity contribution in [2.24, 2.45) is 0 Å². The molecule has 0 heterocycles. The van der Waals surface area contributed by atoms with Crippen molar-refractivity contribution in [1.29, 1.82) is 5.26 Å². The maximum absolute atomic E-state index is 13.8. The summed E-state index contributed by atoms with van der Waals surface area (Å²) in [5, 5.41) is 18.6. The van der Waals surface area contributed by atoms with Crippen molar-refractivity contribution in [3.63, 3.8) is 0 Å². The van der Waals surface area contributed by atoms with Crippen molar-refractivity contribution >= 4 is 62.8 Å². The average molecular weight is 625 g/mol. The molecule has 150 valence electrons. The molecule has 0 radical (unpaired) electrons. The molecule has 0 aliphatic rings. The Balaban J connectivity index is 1.85. The highest BCUT2D eigenvalue weighted by Crippen LogP contribution is 2.31. The summed E-state index contributed by atoms with van der Waals surface area (Å²) < 4.78 is 21.3. The van der Waals surface area contributed by atoms with Gasteiger partial charge in [0.25, 0.3) is 0 Å². The molecule has 0 aliphatic carbocycles. The van der Waals surface area contributed by atoms with Crippen LogP contribution in [0.2, 0.25) is 0 Å². The number of halogens is 3. The average Bonchev–Trinajstić information content (AvgIpc) is 2.72. The van der Waals surface area contributed by atoms with E-state index in [1.807, 2.05) is 12.1 Å². The molecule has 3 rings (SSSR count). The Morgan fingerprint density at radius 1 is 1.07 bits per heavy atom. The number of hydrogen-bond donors (Lipinski definition) is 1. The van der Waals surface area contributed by atoms with Crippen molar-refractivity contribution < 1.29 is 19.0 Å². The first-order valence-electron chi connectivity index (χ1n) is 8.70. The molecule has 0 fully saturated rings. The summed E-state index contributed by atoms with van der Waals surface area (Å²) in [5.74, 6) is -0.672. The summed E-state index contributed by atoms with van der Waals surface area (Å²) >= 11 is 4.29. The van der Waals surface area contributed by atoms with Crippen LogP contribution in [0.3, 0.4) is 0 Å². The lowest BCUT2D eigenvalue weighted by Gasteiger charge is -2.12. The molecule has 7 heteroatoms. The third kappa shape index (κ3) is 5.37. The van der Waals surface area contributed by atoms with E-state index in [2.05, 4.69) is 51.3 Å². The highest BCUT2D eigenvalue weighted by molar-refractivity contribution is 14.1. The standard InChI is InChI=1S/C23H14FI2NO3/c24-19-4-2-1-3-17(19)13-30-22-20(25)10-14(11-21(22)26)9-18(12-27)15-5-7-16(8-6-15)23(28)29/h1-11H,13H2,(H,28,29)/b18-9-. The predicted octanol–water partition coefficient (Wildman–Crippen LogP) is 6.38. The van der Waals surface area contributed by atoms with Gasteiger partial charge in [0.2, 0.25) is 0 Å². The first kappa shape index (κ1) is 22.2. The monoisotopic (exact) mass is 625 g/mol. The van der Waals surface area contributed by atoms with E-state index in [0.29, 0.717) is 22.4 Å². The van der Waals surface area contributed by atoms with Crippen molar-refractivity contribution in [3.8, 4) is 11.8 Å². The van der Waals surface area contributed by atoms with Crippen LogP contribution < -0.4 is 4.74 Å². The third-order valence-corrected chi connectivity index (χ3v) is 5.83. The molecule has 0 saturated carbocycles. The summed E-state index contributed by atoms with van der Waals surface area (Å²) in [6, 6.07) is 18.5. The highest BCUT2D eigenvalue weighted by Gasteiger charge is 2.11. The van der Waals surface area contributed by atoms with Gasteiger partial charge < -0.3 is 9.84 Å². The highest BCUT2D eigenvalue weighted by atomic mass is 127. The molecule has 0 bridgehead atoms. The minimum atomic E-state index is -1.01. The number of carboxylic acid groups (broad SMARTS) is 1. The first-order chi connectivity index (χ1) is 14.4. The molecule has 0 aliphatic heterocycles. The van der Waals surface area contributed by atoms with Crippen LogP contribution in [0.4, 0.5) is 4.39 Å². The van der Waals surface area contributed by atoms with Crippen LogP contribution in [0.1, 0.15) is 27.0 Å². The Kier molecular flexibility index (Phi) is 7.44. The fourth-order valence-electron chi connectivity index (χ4n) is 2.71. The van der Waals surface area contributed by atoms with Crippen LogP contribution in [0.25, 0.3) is 11.6 Å². The minimum Gasteiger partial charge on any atom is -0.487 e. The second-order valence-electron chi connectivity index (χ2n) is 6.25. The van der Waals surface area contributed by atoms with Crippen LogP contribution in [0, 0.1) is 24.3 Å². The minimum absolute atomic E-state index is 0.118. The normalized spacial score (nSPS) is 11.1. The van der Waals surface area contributed by atoms with Gasteiger partial charge in [0.05, 0.1) is 24.3 Å². The molecule has 3 aromatic rings. The van der Waals surface area contributed by atoms with Crippen molar-refractivity contribution in [2.45, 2.75) is 6.61 Å². The van der Waals surface area contributed by atoms with Crippen LogP contribution in [0.15, 0.2) is 60.7 Å². The topological polar surface area (TPSA) is 70.3 Å². The summed E-state index contributed by atoms with van der Waals surface area (Å²) in [6.07, 6.45) is 1.74. The summed E-state index contributed by atoms with van der Waals surface area (Å²) in [4.78, 5) is 11.0. The van der Waals surface area contributed by atoms with Gasteiger partial charge in [0, 0.05) is 5.56 Å². The van der Waals surface area contributed by atoms with Crippen molar-refractivity contribution in [3.05, 3.63) is 95.9 Å². The number of rotatable bonds is 6. The number of nitrogens with zero attached hydrogens (tertiary/aromatic N) is 1. The Labute approximate surface area is 200 Å². The summed E-state index contributed by atoms with van der Waals surface area (Å²) in [6.45, 7) is 0.118. The second-order valence-corrected chi connectivity index (χ2v) is 8.57. The quantitative estimate of drug-likeness (QED) is 0.196. The van der Waals surface area contributed by atoms with E-state index in [9.17, 15) is 14.4 Å². The number of benzene rings is 3. The van der Waals surface area contributed by atoms with Crippen LogP contribution in [-0.2, 0) is 6.61 Å². The van der Waals surface area contributed by atoms with Gasteiger partial charge in [-0.1, -0.05) is 30.3 Å². The lowest BCUT2D eigenvalue weighted by Crippen LogP contribution is -2.01. The van der Waals surface area contributed by atoms with Gasteiger partial charge in [-0.15, -0.1) is 0 Å². The van der Waals surface area contributed by atoms with Crippen LogP contribution in [0.5, 0.6) is 5.75 Å². The van der Waals surface area contributed by atoms with E-state index in [1.165, 1.54) is 18.2 Å². The van der Waals surface area contributed by atoms with Gasteiger partial charge in [-0.3, -0.25) is 0 Å². The van der Waals surface area contributed by atoms with Gasteiger partial charge in [0.1, 0.15) is 18.2 Å². The number of carboxylic acids is 1. The van der Waals surface area contributed by atoms with E-state index in [4.69, 9.17) is 9.84 Å². The SMILES string of the molecule is N#C/C(=C/c1cc(I)c(OCc2ccccc2F)c(I)c1)c1ccc(C(=O)O)cc1. The molecule has 0 spiro atoms. The van der Waals surface area contributed by atoms with Gasteiger partial charge in [0.15, 0.2) is 0 Å². The summed E-state index contributed by atoms with van der Waals surface area (Å²) in [5.41, 5.74) is 2.49. The zero-order valence-electron chi connectivity index (χ0n) is 15.4. The number of hydrogen-bond acceptors (Lipinski definition) is 3. The van der Waals surface area contributed by atoms with E-state index >= 15 is 0 Å². The molecule has 0 saturated heterocycles. The maximum atomic E-state index is 13.8. The number of aromatic carboxylic acids is 1. The number of nitriles is 1. The van der Waals surface area contributed by atoms with E-state index in [-0.39, 0.29) is 18.0 Å². The van der Waals surface area contributed by atoms with E-state index in [0.717, 1.165) is 12.7 Å². The van der Waals surface area contributed by atoms with E-state index in [1.54, 1.807) is 36.4 Å². The second kappa shape index (κ2) is 10.0. The maximum Gasteiger partial charge on any atom is 0.335 e. The predicted molar refractivity (Wildman–Crippen MR) is 129 cm³/mol. The zero-order valence-corrected chi connectivity index (χ0v) is 19.7. The number of ether oxygens (including phenoxy) is 1. The lowest BCUT2D eigenvalue weighted by atomic mass is 10.0. The summed E-state index contributed by atoms with van der Waals surface area (Å²) in [7, 11) is 0. The molecule has 1 N–H and O–H groups in total. The van der Waals surface area contributed by atoms with E-state index < -0.39 is 5.97 Å². The molecule has 4 nitrogen and oxygen atoms in total. The van der Waals surface area contributed by atoms with Crippen molar-refractivity contribution in [1.82, 2.24) is 0 Å². The first-order valence-corrected chi connectivity index (χ1v) is 10.9. The van der Waals surface area contributed by atoms with Gasteiger partial charge in [-0.05, 0) is 92.7 Å². The molecule has 0 atom stereocenters. The van der Waals surface area contributed by atoms with Crippen LogP contribution >= 0.6 is 45.2 Å². The fraction of sp³-hybridized carbons (Fsp3) is 0.0435. The van der Waals surface area contributed by atoms with Gasteiger partial charge >= 0.3 is 5.97 Å². The molecular formula is C23H14FI2NO3. The smallest absolute Gasteiger partial charge is 0.335 e. The third-order valence-electron chi connectivity index (χ3n) is 4.22. The number of carbonyl (C=O) groups is 1. The molecule has 3 aromatic carbocycles. The Hall–Kier alpha value is -2.45. The molecule has 30 heavy (non-hydrogen) atoms. The zero-order chi connectivity index (χ0) is 21.7. The van der Waals surface area contributed by atoms with Gasteiger partial charge in [-0.2, -0.15) is 5.26 Å². The Morgan fingerprint density at radius 2 is 1.67 bits per heavy atom. The lowest BCUT2D eigenvalue weighted by molar-refractivity contribution is 0.0697. The van der Waals surface area contributed by atoms with Crippen molar-refractivity contribution in [2.75, 3.05) is 0 Å². The molecule has 0 unspecified atom stereocenters. The Morgan fingerprint density at radius 3 is 2.23 bits per heavy atom. The largest absolute Gasteiger partial charge is 0.487 e. The molecule has 0 aromatic heterocycles. The fourth-order valence-corrected chi connectivity index (χ4v) is 4.83. The molecule has 0 amide bonds.